The summed E-state index contributed by atoms with van der Waals surface area (Å²) >= 11 is 1.67. The van der Waals surface area contributed by atoms with Crippen LogP contribution in [0.2, 0.25) is 0 Å². The maximum Gasteiger partial charge on any atom is 0.0952 e. The molecule has 1 atom stereocenters. The van der Waals surface area contributed by atoms with E-state index in [1.807, 2.05) is 0 Å². The Labute approximate surface area is 114 Å². The van der Waals surface area contributed by atoms with E-state index in [4.69, 9.17) is 5.73 Å². The number of rotatable bonds is 3. The van der Waals surface area contributed by atoms with Crippen LogP contribution in [-0.4, -0.2) is 11.7 Å². The Balaban J connectivity index is 2.21. The van der Waals surface area contributed by atoms with Crippen LogP contribution in [0.3, 0.4) is 0 Å². The monoisotopic (exact) mass is 267 g/mol. The van der Waals surface area contributed by atoms with Crippen LogP contribution in [0, 0.1) is 12.3 Å². The smallest absolute Gasteiger partial charge is 0.0952 e. The highest BCUT2D eigenvalue weighted by molar-refractivity contribution is 7.10. The van der Waals surface area contributed by atoms with Gasteiger partial charge in [0, 0.05) is 16.8 Å². The number of nitrogens with two attached hydrogens (primary N) is 1. The fourth-order valence-corrected chi connectivity index (χ4v) is 4.19. The zero-order valence-corrected chi connectivity index (χ0v) is 12.1. The predicted octanol–water partition coefficient (Wildman–Crippen LogP) is 3.78. The van der Waals surface area contributed by atoms with Crippen molar-refractivity contribution in [1.29, 1.82) is 0 Å². The highest BCUT2D eigenvalue weighted by atomic mass is 32.1. The molecule has 0 bridgehead atoms. The quantitative estimate of drug-likeness (QED) is 0.875. The van der Waals surface area contributed by atoms with Crippen molar-refractivity contribution in [3.05, 3.63) is 21.9 Å². The summed E-state index contributed by atoms with van der Waals surface area (Å²) in [5.74, 6) is 0. The number of hydrogen-bond donors (Lipinski definition) is 2. The van der Waals surface area contributed by atoms with Gasteiger partial charge in [0.25, 0.3) is 0 Å². The van der Waals surface area contributed by atoms with Crippen LogP contribution < -0.4 is 5.73 Å². The lowest BCUT2D eigenvalue weighted by Gasteiger charge is -2.38. The number of hydrogen-bond acceptors (Lipinski definition) is 3. The van der Waals surface area contributed by atoms with E-state index in [0.717, 1.165) is 17.7 Å². The molecule has 1 heterocycles. The van der Waals surface area contributed by atoms with Gasteiger partial charge < -0.3 is 10.8 Å². The van der Waals surface area contributed by atoms with E-state index in [1.165, 1.54) is 37.7 Å². The first-order chi connectivity index (χ1) is 8.69. The summed E-state index contributed by atoms with van der Waals surface area (Å²) < 4.78 is 0. The maximum atomic E-state index is 10.8. The van der Waals surface area contributed by atoms with Crippen molar-refractivity contribution in [3.63, 3.8) is 0 Å². The molecule has 1 fully saturated rings. The van der Waals surface area contributed by atoms with E-state index >= 15 is 0 Å². The minimum Gasteiger partial charge on any atom is -0.387 e. The van der Waals surface area contributed by atoms with Crippen molar-refractivity contribution in [1.82, 2.24) is 0 Å². The summed E-state index contributed by atoms with van der Waals surface area (Å²) in [6.07, 6.45) is 8.10. The van der Waals surface area contributed by atoms with Crippen LogP contribution in [0.5, 0.6) is 0 Å². The minimum atomic E-state index is -0.374. The van der Waals surface area contributed by atoms with E-state index in [-0.39, 0.29) is 11.5 Å². The third-order valence-electron chi connectivity index (χ3n) is 4.49. The molecule has 1 aliphatic carbocycles. The standard InChI is InChI=1S/C15H25NOS/c1-12-7-10-18-13(12)14(17)15(11-16)8-5-3-2-4-6-9-15/h7,10,14,17H,2-6,8-9,11,16H2,1H3. The first-order valence-electron chi connectivity index (χ1n) is 7.12. The Morgan fingerprint density at radius 2 is 1.89 bits per heavy atom. The summed E-state index contributed by atoms with van der Waals surface area (Å²) in [5.41, 5.74) is 7.18. The highest BCUT2D eigenvalue weighted by Gasteiger charge is 2.38. The maximum absolute atomic E-state index is 10.8. The summed E-state index contributed by atoms with van der Waals surface area (Å²) in [6, 6.07) is 2.09. The topological polar surface area (TPSA) is 46.2 Å². The van der Waals surface area contributed by atoms with E-state index < -0.39 is 0 Å². The number of aryl methyl sites for hydroxylation is 1. The molecule has 0 amide bonds. The van der Waals surface area contributed by atoms with Crippen molar-refractivity contribution < 1.29 is 5.11 Å². The predicted molar refractivity (Wildman–Crippen MR) is 77.8 cm³/mol. The second-order valence-electron chi connectivity index (χ2n) is 5.70. The van der Waals surface area contributed by atoms with Gasteiger partial charge in [0.05, 0.1) is 6.10 Å². The molecule has 0 spiro atoms. The van der Waals surface area contributed by atoms with Gasteiger partial charge in [-0.2, -0.15) is 0 Å². The lowest BCUT2D eigenvalue weighted by atomic mass is 9.71. The number of aliphatic hydroxyl groups excluding tert-OH is 1. The lowest BCUT2D eigenvalue weighted by molar-refractivity contribution is 0.0106. The first-order valence-corrected chi connectivity index (χ1v) is 8.00. The van der Waals surface area contributed by atoms with Crippen molar-refractivity contribution in [2.45, 2.75) is 58.0 Å². The van der Waals surface area contributed by atoms with E-state index in [2.05, 4.69) is 18.4 Å². The van der Waals surface area contributed by atoms with Crippen molar-refractivity contribution in [3.8, 4) is 0 Å². The van der Waals surface area contributed by atoms with Crippen molar-refractivity contribution in [2.24, 2.45) is 11.1 Å². The second kappa shape index (κ2) is 6.18. The van der Waals surface area contributed by atoms with Gasteiger partial charge in [-0.15, -0.1) is 11.3 Å². The number of thiophene rings is 1. The second-order valence-corrected chi connectivity index (χ2v) is 6.65. The normalized spacial score (nSPS) is 22.2. The van der Waals surface area contributed by atoms with Gasteiger partial charge in [0.15, 0.2) is 0 Å². The zero-order chi connectivity index (χ0) is 13.0. The largest absolute Gasteiger partial charge is 0.387 e. The van der Waals surface area contributed by atoms with Gasteiger partial charge in [-0.05, 0) is 36.8 Å². The van der Waals surface area contributed by atoms with Crippen LogP contribution in [0.25, 0.3) is 0 Å². The third-order valence-corrected chi connectivity index (χ3v) is 5.56. The SMILES string of the molecule is Cc1ccsc1C(O)C1(CN)CCCCCCC1. The molecule has 1 aliphatic rings. The lowest BCUT2D eigenvalue weighted by Crippen LogP contribution is -2.37. The van der Waals surface area contributed by atoms with E-state index in [0.29, 0.717) is 6.54 Å². The molecule has 2 rings (SSSR count). The van der Waals surface area contributed by atoms with Gasteiger partial charge >= 0.3 is 0 Å². The van der Waals surface area contributed by atoms with Crippen molar-refractivity contribution >= 4 is 11.3 Å². The molecular weight excluding hydrogens is 242 g/mol. The number of aliphatic hydroxyl groups is 1. The van der Waals surface area contributed by atoms with Gasteiger partial charge in [0.1, 0.15) is 0 Å². The molecule has 0 aromatic carbocycles. The van der Waals surface area contributed by atoms with Gasteiger partial charge in [-0.1, -0.05) is 32.1 Å². The van der Waals surface area contributed by atoms with Gasteiger partial charge in [0.2, 0.25) is 0 Å². The zero-order valence-electron chi connectivity index (χ0n) is 11.3. The molecule has 1 saturated carbocycles. The molecule has 0 aliphatic heterocycles. The summed E-state index contributed by atoms with van der Waals surface area (Å²) in [4.78, 5) is 1.13. The minimum absolute atomic E-state index is 0.0873. The fraction of sp³-hybridized carbons (Fsp3) is 0.733. The summed E-state index contributed by atoms with van der Waals surface area (Å²) in [5, 5.41) is 12.9. The molecule has 2 nitrogen and oxygen atoms in total. The Morgan fingerprint density at radius 1 is 1.28 bits per heavy atom. The molecular formula is C15H25NOS. The molecule has 0 saturated heterocycles. The molecule has 18 heavy (non-hydrogen) atoms. The fourth-order valence-electron chi connectivity index (χ4n) is 3.14. The van der Waals surface area contributed by atoms with Crippen molar-refractivity contribution in [2.75, 3.05) is 6.54 Å². The molecule has 1 aromatic heterocycles. The first kappa shape index (κ1) is 14.0. The Hall–Kier alpha value is -0.380. The summed E-state index contributed by atoms with van der Waals surface area (Å²) in [6.45, 7) is 2.69. The van der Waals surface area contributed by atoms with Crippen LogP contribution in [0.15, 0.2) is 11.4 Å². The van der Waals surface area contributed by atoms with Crippen LogP contribution in [-0.2, 0) is 0 Å². The Kier molecular flexibility index (Phi) is 4.82. The summed E-state index contributed by atoms with van der Waals surface area (Å²) in [7, 11) is 0. The Morgan fingerprint density at radius 3 is 2.39 bits per heavy atom. The molecule has 3 N–H and O–H groups in total. The van der Waals surface area contributed by atoms with Crippen LogP contribution in [0.1, 0.15) is 61.5 Å². The van der Waals surface area contributed by atoms with Crippen LogP contribution in [0.4, 0.5) is 0 Å². The van der Waals surface area contributed by atoms with Gasteiger partial charge in [-0.25, -0.2) is 0 Å². The van der Waals surface area contributed by atoms with Gasteiger partial charge in [-0.3, -0.25) is 0 Å². The molecule has 0 radical (unpaired) electrons. The van der Waals surface area contributed by atoms with E-state index in [1.54, 1.807) is 11.3 Å². The average Bonchev–Trinajstić information content (AvgIpc) is 2.75. The highest BCUT2D eigenvalue weighted by Crippen LogP contribution is 2.45. The average molecular weight is 267 g/mol. The molecule has 3 heteroatoms. The molecule has 1 aromatic rings. The van der Waals surface area contributed by atoms with Crippen LogP contribution >= 0.6 is 11.3 Å². The Bertz CT molecular complexity index is 366. The molecule has 102 valence electrons. The van der Waals surface area contributed by atoms with E-state index in [9.17, 15) is 5.11 Å². The third kappa shape index (κ3) is 2.79. The molecule has 1 unspecified atom stereocenters.